The van der Waals surface area contributed by atoms with Gasteiger partial charge in [0.05, 0.1) is 40.3 Å². The molecule has 0 radical (unpaired) electrons. The van der Waals surface area contributed by atoms with Crippen LogP contribution in [0.1, 0.15) is 38.1 Å². The van der Waals surface area contributed by atoms with Crippen molar-refractivity contribution in [2.75, 3.05) is 11.9 Å². The van der Waals surface area contributed by atoms with Crippen LogP contribution in [0.15, 0.2) is 42.7 Å². The summed E-state index contributed by atoms with van der Waals surface area (Å²) in [6.07, 6.45) is 1.58. The predicted molar refractivity (Wildman–Crippen MR) is 111 cm³/mol. The first-order valence-corrected chi connectivity index (χ1v) is 9.51. The van der Waals surface area contributed by atoms with Crippen LogP contribution in [0.3, 0.4) is 0 Å². The number of rotatable bonds is 7. The maximum absolute atomic E-state index is 14.0. The standard InChI is InChI=1S/C21H26FN5O2/c1-13(2)26-16-10-17(18-8-7-14-6-5-9-25-27(14)18)23-11-15(16)20(28)24-12-19(22)21(3,4)29/h5-11,13,19,29H,12H2,1-4H3,(H,23,26)(H,24,28)/t19-/m1/s1. The number of aromatic nitrogens is 3. The van der Waals surface area contributed by atoms with Crippen LogP contribution in [-0.2, 0) is 0 Å². The van der Waals surface area contributed by atoms with E-state index in [4.69, 9.17) is 0 Å². The van der Waals surface area contributed by atoms with Crippen molar-refractivity contribution >= 4 is 17.1 Å². The van der Waals surface area contributed by atoms with E-state index in [0.29, 0.717) is 16.9 Å². The number of nitrogens with zero attached hydrogens (tertiary/aromatic N) is 3. The van der Waals surface area contributed by atoms with E-state index >= 15 is 0 Å². The molecule has 0 aromatic carbocycles. The third kappa shape index (κ3) is 4.71. The number of carbonyl (C=O) groups is 1. The van der Waals surface area contributed by atoms with Gasteiger partial charge >= 0.3 is 0 Å². The van der Waals surface area contributed by atoms with Crippen LogP contribution in [0.5, 0.6) is 0 Å². The van der Waals surface area contributed by atoms with Crippen molar-refractivity contribution in [3.05, 3.63) is 48.3 Å². The summed E-state index contributed by atoms with van der Waals surface area (Å²) in [5.41, 5.74) is 1.75. The summed E-state index contributed by atoms with van der Waals surface area (Å²) in [6.45, 7) is 6.35. The van der Waals surface area contributed by atoms with Gasteiger partial charge in [-0.3, -0.25) is 9.78 Å². The van der Waals surface area contributed by atoms with E-state index in [9.17, 15) is 14.3 Å². The molecule has 0 aliphatic heterocycles. The number of pyridine rings is 1. The Morgan fingerprint density at radius 2 is 2.07 bits per heavy atom. The number of amides is 1. The Morgan fingerprint density at radius 3 is 2.76 bits per heavy atom. The van der Waals surface area contributed by atoms with Crippen molar-refractivity contribution in [3.8, 4) is 11.4 Å². The van der Waals surface area contributed by atoms with Gasteiger partial charge in [-0.25, -0.2) is 8.91 Å². The van der Waals surface area contributed by atoms with E-state index in [1.54, 1.807) is 16.8 Å². The molecule has 154 valence electrons. The van der Waals surface area contributed by atoms with Gasteiger partial charge in [-0.15, -0.1) is 0 Å². The van der Waals surface area contributed by atoms with Crippen molar-refractivity contribution in [2.24, 2.45) is 0 Å². The lowest BCUT2D eigenvalue weighted by Crippen LogP contribution is -2.42. The summed E-state index contributed by atoms with van der Waals surface area (Å²) in [5.74, 6) is -0.461. The van der Waals surface area contributed by atoms with Crippen LogP contribution in [0, 0.1) is 0 Å². The van der Waals surface area contributed by atoms with Crippen molar-refractivity contribution in [2.45, 2.75) is 45.5 Å². The highest BCUT2D eigenvalue weighted by molar-refractivity contribution is 6.00. The van der Waals surface area contributed by atoms with Gasteiger partial charge in [-0.1, -0.05) is 0 Å². The molecule has 1 amide bonds. The van der Waals surface area contributed by atoms with E-state index < -0.39 is 17.7 Å². The summed E-state index contributed by atoms with van der Waals surface area (Å²) in [4.78, 5) is 17.1. The van der Waals surface area contributed by atoms with E-state index in [-0.39, 0.29) is 12.6 Å². The predicted octanol–water partition coefficient (Wildman–Crippen LogP) is 3.06. The minimum Gasteiger partial charge on any atom is -0.387 e. The first-order chi connectivity index (χ1) is 13.7. The number of halogens is 1. The molecule has 29 heavy (non-hydrogen) atoms. The molecule has 0 saturated carbocycles. The lowest BCUT2D eigenvalue weighted by molar-refractivity contribution is -0.00177. The second kappa shape index (κ2) is 8.16. The van der Waals surface area contributed by atoms with Crippen molar-refractivity contribution in [1.82, 2.24) is 19.9 Å². The van der Waals surface area contributed by atoms with E-state index in [0.717, 1.165) is 11.2 Å². The molecular formula is C21H26FN5O2. The molecule has 8 heteroatoms. The van der Waals surface area contributed by atoms with Gasteiger partial charge in [0.2, 0.25) is 0 Å². The number of anilines is 1. The molecule has 0 fully saturated rings. The normalized spacial score (nSPS) is 12.9. The largest absolute Gasteiger partial charge is 0.387 e. The SMILES string of the molecule is CC(C)Nc1cc(-c2ccc3cccnn23)ncc1C(=O)NC[C@@H](F)C(C)(C)O. The molecular weight excluding hydrogens is 373 g/mol. The third-order valence-electron chi connectivity index (χ3n) is 4.48. The summed E-state index contributed by atoms with van der Waals surface area (Å²) < 4.78 is 15.8. The van der Waals surface area contributed by atoms with Crippen LogP contribution >= 0.6 is 0 Å². The highest BCUT2D eigenvalue weighted by atomic mass is 19.1. The monoisotopic (exact) mass is 399 g/mol. The molecule has 0 bridgehead atoms. The summed E-state index contributed by atoms with van der Waals surface area (Å²) in [5, 5.41) is 19.8. The number of alkyl halides is 1. The lowest BCUT2D eigenvalue weighted by Gasteiger charge is -2.23. The molecule has 3 N–H and O–H groups in total. The summed E-state index contributed by atoms with van der Waals surface area (Å²) in [7, 11) is 0. The zero-order valence-electron chi connectivity index (χ0n) is 17.0. The zero-order valence-corrected chi connectivity index (χ0v) is 17.0. The second-order valence-corrected chi connectivity index (χ2v) is 7.82. The summed E-state index contributed by atoms with van der Waals surface area (Å²) >= 11 is 0. The molecule has 0 aliphatic carbocycles. The van der Waals surface area contributed by atoms with Crippen molar-refractivity contribution < 1.29 is 14.3 Å². The highest BCUT2D eigenvalue weighted by Gasteiger charge is 2.27. The van der Waals surface area contributed by atoms with Gasteiger partial charge in [0.25, 0.3) is 5.91 Å². The molecule has 3 heterocycles. The fourth-order valence-electron chi connectivity index (χ4n) is 2.87. The van der Waals surface area contributed by atoms with Crippen LogP contribution in [0.2, 0.25) is 0 Å². The molecule has 0 spiro atoms. The first-order valence-electron chi connectivity index (χ1n) is 9.51. The maximum Gasteiger partial charge on any atom is 0.255 e. The Balaban J connectivity index is 1.91. The topological polar surface area (TPSA) is 91.5 Å². The number of hydrogen-bond donors (Lipinski definition) is 3. The Morgan fingerprint density at radius 1 is 1.31 bits per heavy atom. The molecule has 0 saturated heterocycles. The third-order valence-corrected chi connectivity index (χ3v) is 4.48. The van der Waals surface area contributed by atoms with Crippen molar-refractivity contribution in [3.63, 3.8) is 0 Å². The number of fused-ring (bicyclic) bond motifs is 1. The van der Waals surface area contributed by atoms with Crippen LogP contribution in [-0.4, -0.2) is 50.0 Å². The first kappa shape index (κ1) is 20.7. The molecule has 0 aliphatic rings. The number of nitrogens with one attached hydrogen (secondary N) is 2. The molecule has 7 nitrogen and oxygen atoms in total. The minimum atomic E-state index is -1.58. The minimum absolute atomic E-state index is 0.0734. The Hall–Kier alpha value is -3.00. The number of aliphatic hydroxyl groups is 1. The fourth-order valence-corrected chi connectivity index (χ4v) is 2.87. The van der Waals surface area contributed by atoms with Gasteiger partial charge in [0.1, 0.15) is 6.17 Å². The number of carbonyl (C=O) groups excluding carboxylic acids is 1. The van der Waals surface area contributed by atoms with Gasteiger partial charge in [-0.05, 0) is 58.0 Å². The van der Waals surface area contributed by atoms with Gasteiger partial charge in [-0.2, -0.15) is 5.10 Å². The Bertz CT molecular complexity index is 1010. The van der Waals surface area contributed by atoms with Gasteiger partial charge in [0.15, 0.2) is 0 Å². The second-order valence-electron chi connectivity index (χ2n) is 7.82. The Kier molecular flexibility index (Phi) is 5.83. The van der Waals surface area contributed by atoms with E-state index in [1.807, 2.05) is 38.1 Å². The quantitative estimate of drug-likeness (QED) is 0.568. The number of hydrogen-bond acceptors (Lipinski definition) is 5. The average molecular weight is 399 g/mol. The van der Waals surface area contributed by atoms with Crippen molar-refractivity contribution in [1.29, 1.82) is 0 Å². The Labute approximate surface area is 169 Å². The van der Waals surface area contributed by atoms with Crippen LogP contribution < -0.4 is 10.6 Å². The average Bonchev–Trinajstić information content (AvgIpc) is 3.08. The van der Waals surface area contributed by atoms with E-state index in [2.05, 4.69) is 20.7 Å². The van der Waals surface area contributed by atoms with E-state index in [1.165, 1.54) is 20.0 Å². The maximum atomic E-state index is 14.0. The molecule has 1 atom stereocenters. The smallest absolute Gasteiger partial charge is 0.255 e. The van der Waals surface area contributed by atoms with Gasteiger partial charge in [0, 0.05) is 18.4 Å². The van der Waals surface area contributed by atoms with Crippen LogP contribution in [0.25, 0.3) is 16.9 Å². The zero-order chi connectivity index (χ0) is 21.2. The lowest BCUT2D eigenvalue weighted by atomic mass is 10.0. The molecule has 0 unspecified atom stereocenters. The molecule has 3 rings (SSSR count). The highest BCUT2D eigenvalue weighted by Crippen LogP contribution is 2.25. The molecule has 3 aromatic rings. The van der Waals surface area contributed by atoms with Crippen LogP contribution in [0.4, 0.5) is 10.1 Å². The molecule has 3 aromatic heterocycles. The summed E-state index contributed by atoms with van der Waals surface area (Å²) in [6, 6.07) is 9.52. The van der Waals surface area contributed by atoms with Gasteiger partial charge < -0.3 is 15.7 Å². The fraction of sp³-hybridized carbons (Fsp3) is 0.381.